The van der Waals surface area contributed by atoms with Gasteiger partial charge in [0.05, 0.1) is 14.2 Å². The van der Waals surface area contributed by atoms with Crippen LogP contribution in [0.5, 0.6) is 11.5 Å². The number of nitrogens with one attached hydrogen (secondary N) is 1. The topological polar surface area (TPSA) is 69.4 Å². The maximum atomic E-state index is 6.08. The molecule has 0 amide bonds. The van der Waals surface area contributed by atoms with Gasteiger partial charge in [-0.3, -0.25) is 0 Å². The first-order chi connectivity index (χ1) is 10.1. The number of methoxy groups -OCH3 is 2. The third-order valence-corrected chi connectivity index (χ3v) is 3.63. The average molecular weight is 289 g/mol. The molecule has 1 heterocycles. The van der Waals surface area contributed by atoms with Gasteiger partial charge in [0.2, 0.25) is 0 Å². The summed E-state index contributed by atoms with van der Waals surface area (Å²) >= 11 is 0. The summed E-state index contributed by atoms with van der Waals surface area (Å²) in [5.74, 6) is 2.63. The summed E-state index contributed by atoms with van der Waals surface area (Å²) in [6.07, 6.45) is 1.78. The predicted molar refractivity (Wildman–Crippen MR) is 86.2 cm³/mol. The number of hydrogen-bond donors (Lipinski definition) is 2. The smallest absolute Gasteiger partial charge is 0.161 e. The van der Waals surface area contributed by atoms with E-state index in [1.807, 2.05) is 18.2 Å². The summed E-state index contributed by atoms with van der Waals surface area (Å²) in [4.78, 5) is 4.41. The number of fused-ring (bicyclic) bond motifs is 1. The summed E-state index contributed by atoms with van der Waals surface area (Å²) < 4.78 is 10.7. The Balaban J connectivity index is 2.36. The van der Waals surface area contributed by atoms with E-state index in [0.29, 0.717) is 24.0 Å². The highest BCUT2D eigenvalue weighted by molar-refractivity contribution is 5.94. The molecule has 1 aromatic heterocycles. The molecule has 2 aromatic rings. The molecule has 3 N–H and O–H groups in total. The number of aromatic nitrogens is 1. The van der Waals surface area contributed by atoms with Gasteiger partial charge in [-0.1, -0.05) is 13.8 Å². The maximum Gasteiger partial charge on any atom is 0.161 e. The van der Waals surface area contributed by atoms with Crippen LogP contribution in [0.25, 0.3) is 10.8 Å². The van der Waals surface area contributed by atoms with Crippen LogP contribution in [0.1, 0.15) is 13.8 Å². The molecule has 0 spiro atoms. The van der Waals surface area contributed by atoms with E-state index >= 15 is 0 Å². The molecule has 0 aliphatic heterocycles. The first-order valence-electron chi connectivity index (χ1n) is 7.07. The summed E-state index contributed by atoms with van der Waals surface area (Å²) in [7, 11) is 3.26. The van der Waals surface area contributed by atoms with Gasteiger partial charge < -0.3 is 20.5 Å². The molecule has 1 unspecified atom stereocenters. The number of hydrogen-bond acceptors (Lipinski definition) is 5. The lowest BCUT2D eigenvalue weighted by molar-refractivity contribution is 0.356. The highest BCUT2D eigenvalue weighted by Gasteiger charge is 2.11. The van der Waals surface area contributed by atoms with E-state index in [1.54, 1.807) is 20.4 Å². The molecule has 114 valence electrons. The van der Waals surface area contributed by atoms with Gasteiger partial charge in [0.15, 0.2) is 11.5 Å². The lowest BCUT2D eigenvalue weighted by atomic mass is 10.1. The predicted octanol–water partition coefficient (Wildman–Crippen LogP) is 2.65. The SMILES string of the molecule is COc1cc2ccnc(NCC(N)C(C)C)c2cc1OC. The molecular formula is C16H23N3O2. The van der Waals surface area contributed by atoms with Crippen LogP contribution in [0.4, 0.5) is 5.82 Å². The van der Waals surface area contributed by atoms with Crippen molar-refractivity contribution in [3.05, 3.63) is 24.4 Å². The van der Waals surface area contributed by atoms with Gasteiger partial charge in [-0.05, 0) is 29.5 Å². The van der Waals surface area contributed by atoms with Crippen LogP contribution in [0.3, 0.4) is 0 Å². The van der Waals surface area contributed by atoms with E-state index in [-0.39, 0.29) is 6.04 Å². The Bertz CT molecular complexity index is 614. The Morgan fingerprint density at radius 3 is 2.48 bits per heavy atom. The van der Waals surface area contributed by atoms with Crippen LogP contribution in [0, 0.1) is 5.92 Å². The Labute approximate surface area is 125 Å². The van der Waals surface area contributed by atoms with Gasteiger partial charge >= 0.3 is 0 Å². The molecule has 0 saturated carbocycles. The summed E-state index contributed by atoms with van der Waals surface area (Å²) in [6, 6.07) is 5.92. The van der Waals surface area contributed by atoms with Crippen LogP contribution in [0.15, 0.2) is 24.4 Å². The van der Waals surface area contributed by atoms with Crippen molar-refractivity contribution in [2.24, 2.45) is 11.7 Å². The maximum absolute atomic E-state index is 6.08. The van der Waals surface area contributed by atoms with Crippen molar-refractivity contribution < 1.29 is 9.47 Å². The Morgan fingerprint density at radius 2 is 1.86 bits per heavy atom. The van der Waals surface area contributed by atoms with Gasteiger partial charge in [0.1, 0.15) is 5.82 Å². The number of nitrogens with zero attached hydrogens (tertiary/aromatic N) is 1. The van der Waals surface area contributed by atoms with E-state index in [2.05, 4.69) is 24.1 Å². The fraction of sp³-hybridized carbons (Fsp3) is 0.438. The molecular weight excluding hydrogens is 266 g/mol. The van der Waals surface area contributed by atoms with Gasteiger partial charge in [0.25, 0.3) is 0 Å². The molecule has 2 rings (SSSR count). The van der Waals surface area contributed by atoms with Gasteiger partial charge in [-0.2, -0.15) is 0 Å². The summed E-state index contributed by atoms with van der Waals surface area (Å²) in [5.41, 5.74) is 6.08. The standard InChI is InChI=1S/C16H23N3O2/c1-10(2)13(17)9-19-16-12-8-15(21-4)14(20-3)7-11(12)5-6-18-16/h5-8,10,13H,9,17H2,1-4H3,(H,18,19). The number of nitrogens with two attached hydrogens (primary N) is 1. The number of benzene rings is 1. The Morgan fingerprint density at radius 1 is 1.19 bits per heavy atom. The van der Waals surface area contributed by atoms with Crippen molar-refractivity contribution in [2.45, 2.75) is 19.9 Å². The fourth-order valence-corrected chi connectivity index (χ4v) is 2.09. The molecule has 0 aliphatic carbocycles. The lowest BCUT2D eigenvalue weighted by Crippen LogP contribution is -2.34. The molecule has 0 fully saturated rings. The van der Waals surface area contributed by atoms with Crippen molar-refractivity contribution in [1.29, 1.82) is 0 Å². The Hall–Kier alpha value is -2.01. The van der Waals surface area contributed by atoms with E-state index in [9.17, 15) is 0 Å². The highest BCUT2D eigenvalue weighted by atomic mass is 16.5. The van der Waals surface area contributed by atoms with Crippen LogP contribution in [-0.2, 0) is 0 Å². The zero-order valence-electron chi connectivity index (χ0n) is 13.0. The molecule has 0 saturated heterocycles. The third kappa shape index (κ3) is 3.36. The molecule has 0 aliphatic rings. The van der Waals surface area contributed by atoms with Crippen molar-refractivity contribution >= 4 is 16.6 Å². The largest absolute Gasteiger partial charge is 0.493 e. The van der Waals surface area contributed by atoms with E-state index in [0.717, 1.165) is 16.6 Å². The second kappa shape index (κ2) is 6.63. The summed E-state index contributed by atoms with van der Waals surface area (Å²) in [5, 5.41) is 5.36. The van der Waals surface area contributed by atoms with Crippen LogP contribution >= 0.6 is 0 Å². The molecule has 0 radical (unpaired) electrons. The molecule has 5 nitrogen and oxygen atoms in total. The first-order valence-corrected chi connectivity index (χ1v) is 7.07. The van der Waals surface area contributed by atoms with Crippen LogP contribution < -0.4 is 20.5 Å². The minimum absolute atomic E-state index is 0.0854. The minimum atomic E-state index is 0.0854. The fourth-order valence-electron chi connectivity index (χ4n) is 2.09. The number of rotatable bonds is 6. The monoisotopic (exact) mass is 289 g/mol. The van der Waals surface area contributed by atoms with E-state index < -0.39 is 0 Å². The number of anilines is 1. The van der Waals surface area contributed by atoms with Crippen molar-refractivity contribution in [3.8, 4) is 11.5 Å². The normalized spacial score (nSPS) is 12.5. The third-order valence-electron chi connectivity index (χ3n) is 3.63. The van der Waals surface area contributed by atoms with Crippen LogP contribution in [-0.4, -0.2) is 31.8 Å². The zero-order chi connectivity index (χ0) is 15.4. The number of ether oxygens (including phenoxy) is 2. The van der Waals surface area contributed by atoms with E-state index in [4.69, 9.17) is 15.2 Å². The van der Waals surface area contributed by atoms with Crippen LogP contribution in [0.2, 0.25) is 0 Å². The van der Waals surface area contributed by atoms with Gasteiger partial charge in [0, 0.05) is 24.2 Å². The highest BCUT2D eigenvalue weighted by Crippen LogP contribution is 2.34. The zero-order valence-corrected chi connectivity index (χ0v) is 13.0. The minimum Gasteiger partial charge on any atom is -0.493 e. The molecule has 0 bridgehead atoms. The molecule has 21 heavy (non-hydrogen) atoms. The van der Waals surface area contributed by atoms with Crippen molar-refractivity contribution in [1.82, 2.24) is 4.98 Å². The average Bonchev–Trinajstić information content (AvgIpc) is 2.50. The quantitative estimate of drug-likeness (QED) is 0.855. The Kier molecular flexibility index (Phi) is 4.85. The van der Waals surface area contributed by atoms with E-state index in [1.165, 1.54) is 0 Å². The lowest BCUT2D eigenvalue weighted by Gasteiger charge is -2.18. The van der Waals surface area contributed by atoms with Gasteiger partial charge in [-0.25, -0.2) is 4.98 Å². The van der Waals surface area contributed by atoms with Crippen molar-refractivity contribution in [3.63, 3.8) is 0 Å². The van der Waals surface area contributed by atoms with Gasteiger partial charge in [-0.15, -0.1) is 0 Å². The molecule has 1 aromatic carbocycles. The number of pyridine rings is 1. The molecule has 1 atom stereocenters. The van der Waals surface area contributed by atoms with Crippen molar-refractivity contribution in [2.75, 3.05) is 26.1 Å². The molecule has 5 heteroatoms. The second-order valence-electron chi connectivity index (χ2n) is 5.38. The summed E-state index contributed by atoms with van der Waals surface area (Å²) in [6.45, 7) is 4.89. The first kappa shape index (κ1) is 15.4. The second-order valence-corrected chi connectivity index (χ2v) is 5.38.